The van der Waals surface area contributed by atoms with E-state index in [9.17, 15) is 9.59 Å². The Balaban J connectivity index is 2.52. The number of primary amides is 1. The summed E-state index contributed by atoms with van der Waals surface area (Å²) in [6, 6.07) is 0.241. The Labute approximate surface area is 86.4 Å². The predicted molar refractivity (Wildman–Crippen MR) is 54.1 cm³/mol. The van der Waals surface area contributed by atoms with Crippen molar-refractivity contribution in [1.29, 1.82) is 0 Å². The molecule has 7 heteroatoms. The van der Waals surface area contributed by atoms with Gasteiger partial charge in [0.2, 0.25) is 5.91 Å². The van der Waals surface area contributed by atoms with Gasteiger partial charge in [-0.05, 0) is 13.8 Å². The van der Waals surface area contributed by atoms with Crippen LogP contribution < -0.4 is 16.4 Å². The van der Waals surface area contributed by atoms with E-state index in [-0.39, 0.29) is 5.91 Å². The molecule has 1 heterocycles. The van der Waals surface area contributed by atoms with Crippen molar-refractivity contribution in [3.63, 3.8) is 0 Å². The third kappa shape index (κ3) is 3.29. The summed E-state index contributed by atoms with van der Waals surface area (Å²) in [5.41, 5.74) is 5.71. The lowest BCUT2D eigenvalue weighted by atomic mass is 10.3. The van der Waals surface area contributed by atoms with Crippen molar-refractivity contribution in [2.75, 3.05) is 5.32 Å². The quantitative estimate of drug-likeness (QED) is 0.551. The largest absolute Gasteiger partial charge is 0.352 e. The molecule has 0 aliphatic heterocycles. The molecule has 3 amide bonds. The van der Waals surface area contributed by atoms with Crippen LogP contribution in [-0.2, 0) is 4.79 Å². The van der Waals surface area contributed by atoms with Crippen molar-refractivity contribution in [2.45, 2.75) is 19.9 Å². The minimum absolute atomic E-state index is 0.375. The normalized spacial score (nSPS) is 11.9. The molecule has 0 saturated heterocycles. The lowest BCUT2D eigenvalue weighted by Crippen LogP contribution is -2.44. The number of hydrogen-bond acceptors (Lipinski definition) is 3. The zero-order valence-corrected chi connectivity index (χ0v) is 8.50. The van der Waals surface area contributed by atoms with Gasteiger partial charge in [-0.1, -0.05) is 0 Å². The van der Waals surface area contributed by atoms with Gasteiger partial charge in [-0.25, -0.2) is 4.79 Å². The summed E-state index contributed by atoms with van der Waals surface area (Å²) in [6.07, 6.45) is 0. The molecule has 1 aromatic heterocycles. The number of nitrogens with zero attached hydrogens (tertiary/aromatic N) is 1. The standard InChI is InChI=1S/C8H13N5O2/c1-4-3-6(13-12-4)11-7(14)5(2)10-8(9)15/h3,5H,1-2H3,(H3,9,10,15)(H2,11,12,13,14). The van der Waals surface area contributed by atoms with Crippen LogP contribution in [-0.4, -0.2) is 28.2 Å². The van der Waals surface area contributed by atoms with E-state index in [1.54, 1.807) is 6.07 Å². The number of hydrogen-bond donors (Lipinski definition) is 4. The van der Waals surface area contributed by atoms with Gasteiger partial charge in [-0.2, -0.15) is 5.10 Å². The maximum atomic E-state index is 11.4. The first-order valence-corrected chi connectivity index (χ1v) is 4.38. The molecule has 1 atom stereocenters. The zero-order chi connectivity index (χ0) is 11.4. The number of nitrogens with one attached hydrogen (secondary N) is 3. The minimum atomic E-state index is -0.740. The molecule has 15 heavy (non-hydrogen) atoms. The summed E-state index contributed by atoms with van der Waals surface area (Å²) in [5, 5.41) is 11.3. The van der Waals surface area contributed by atoms with Crippen molar-refractivity contribution < 1.29 is 9.59 Å². The van der Waals surface area contributed by atoms with Crippen LogP contribution in [0.15, 0.2) is 6.07 Å². The zero-order valence-electron chi connectivity index (χ0n) is 8.50. The molecule has 0 fully saturated rings. The van der Waals surface area contributed by atoms with Crippen LogP contribution in [0.1, 0.15) is 12.6 Å². The predicted octanol–water partition coefficient (Wildman–Crippen LogP) is -0.287. The van der Waals surface area contributed by atoms with Gasteiger partial charge < -0.3 is 16.4 Å². The monoisotopic (exact) mass is 211 g/mol. The van der Waals surface area contributed by atoms with Crippen LogP contribution in [0.25, 0.3) is 0 Å². The summed E-state index contributed by atoms with van der Waals surface area (Å²) in [6.45, 7) is 3.34. The molecule has 82 valence electrons. The molecule has 0 saturated carbocycles. The molecule has 7 nitrogen and oxygen atoms in total. The van der Waals surface area contributed by atoms with Crippen molar-refractivity contribution in [2.24, 2.45) is 5.73 Å². The Morgan fingerprint density at radius 1 is 1.60 bits per heavy atom. The number of carbonyl (C=O) groups is 2. The van der Waals surface area contributed by atoms with E-state index in [1.807, 2.05) is 6.92 Å². The van der Waals surface area contributed by atoms with Crippen LogP contribution in [0.5, 0.6) is 0 Å². The second-order valence-electron chi connectivity index (χ2n) is 3.16. The van der Waals surface area contributed by atoms with Gasteiger partial charge in [0.15, 0.2) is 5.82 Å². The highest BCUT2D eigenvalue weighted by molar-refractivity contribution is 5.95. The van der Waals surface area contributed by atoms with Gasteiger partial charge in [0, 0.05) is 11.8 Å². The molecule has 1 aromatic rings. The van der Waals surface area contributed by atoms with Crippen molar-refractivity contribution in [3.05, 3.63) is 11.8 Å². The second-order valence-corrected chi connectivity index (χ2v) is 3.16. The van der Waals surface area contributed by atoms with E-state index in [4.69, 9.17) is 5.73 Å². The van der Waals surface area contributed by atoms with Gasteiger partial charge in [-0.15, -0.1) is 0 Å². The maximum Gasteiger partial charge on any atom is 0.312 e. The fourth-order valence-corrected chi connectivity index (χ4v) is 0.995. The summed E-state index contributed by atoms with van der Waals surface area (Å²) >= 11 is 0. The highest BCUT2D eigenvalue weighted by Crippen LogP contribution is 2.03. The molecular weight excluding hydrogens is 198 g/mol. The molecule has 0 spiro atoms. The van der Waals surface area contributed by atoms with E-state index in [0.717, 1.165) is 5.69 Å². The molecule has 0 radical (unpaired) electrons. The summed E-state index contributed by atoms with van der Waals surface area (Å²) in [5.74, 6) is 0.0379. The molecule has 0 aliphatic rings. The maximum absolute atomic E-state index is 11.4. The number of anilines is 1. The van der Waals surface area contributed by atoms with Gasteiger partial charge in [-0.3, -0.25) is 9.89 Å². The highest BCUT2D eigenvalue weighted by atomic mass is 16.2. The van der Waals surface area contributed by atoms with Crippen molar-refractivity contribution in [3.8, 4) is 0 Å². The first-order valence-electron chi connectivity index (χ1n) is 4.38. The summed E-state index contributed by atoms with van der Waals surface area (Å²) in [7, 11) is 0. The topological polar surface area (TPSA) is 113 Å². The number of urea groups is 1. The number of nitrogens with two attached hydrogens (primary N) is 1. The van der Waals surface area contributed by atoms with E-state index >= 15 is 0 Å². The van der Waals surface area contributed by atoms with Crippen LogP contribution in [0.4, 0.5) is 10.6 Å². The van der Waals surface area contributed by atoms with Crippen LogP contribution in [0.2, 0.25) is 0 Å². The van der Waals surface area contributed by atoms with Gasteiger partial charge >= 0.3 is 6.03 Å². The second kappa shape index (κ2) is 4.45. The third-order valence-corrected chi connectivity index (χ3v) is 1.71. The van der Waals surface area contributed by atoms with E-state index < -0.39 is 12.1 Å². The van der Waals surface area contributed by atoms with E-state index in [0.29, 0.717) is 5.82 Å². The van der Waals surface area contributed by atoms with Gasteiger partial charge in [0.05, 0.1) is 0 Å². The number of rotatable bonds is 3. The molecule has 1 rings (SSSR count). The Kier molecular flexibility index (Phi) is 3.27. The third-order valence-electron chi connectivity index (χ3n) is 1.71. The average Bonchev–Trinajstić information content (AvgIpc) is 2.50. The number of H-pyrrole nitrogens is 1. The van der Waals surface area contributed by atoms with Gasteiger partial charge in [0.25, 0.3) is 0 Å². The van der Waals surface area contributed by atoms with Crippen LogP contribution in [0, 0.1) is 6.92 Å². The fraction of sp³-hybridized carbons (Fsp3) is 0.375. The first kappa shape index (κ1) is 11.0. The first-order chi connectivity index (χ1) is 6.99. The molecular formula is C8H13N5O2. The minimum Gasteiger partial charge on any atom is -0.352 e. The lowest BCUT2D eigenvalue weighted by Gasteiger charge is -2.10. The summed E-state index contributed by atoms with van der Waals surface area (Å²) in [4.78, 5) is 21.9. The SMILES string of the molecule is Cc1cc(NC(=O)C(C)NC(N)=O)n[nH]1. The molecule has 0 aliphatic carbocycles. The van der Waals surface area contributed by atoms with Gasteiger partial charge in [0.1, 0.15) is 6.04 Å². The van der Waals surface area contributed by atoms with Crippen molar-refractivity contribution >= 4 is 17.8 Å². The summed E-state index contributed by atoms with van der Waals surface area (Å²) < 4.78 is 0. The van der Waals surface area contributed by atoms with E-state index in [1.165, 1.54) is 6.92 Å². The van der Waals surface area contributed by atoms with E-state index in [2.05, 4.69) is 20.8 Å². The smallest absolute Gasteiger partial charge is 0.312 e. The highest BCUT2D eigenvalue weighted by Gasteiger charge is 2.14. The fourth-order valence-electron chi connectivity index (χ4n) is 0.995. The van der Waals surface area contributed by atoms with Crippen LogP contribution >= 0.6 is 0 Å². The molecule has 0 aromatic carbocycles. The number of aryl methyl sites for hydroxylation is 1. The molecule has 0 bridgehead atoms. The lowest BCUT2D eigenvalue weighted by molar-refractivity contribution is -0.117. The average molecular weight is 211 g/mol. The number of aromatic nitrogens is 2. The Morgan fingerprint density at radius 2 is 2.27 bits per heavy atom. The van der Waals surface area contributed by atoms with Crippen molar-refractivity contribution in [1.82, 2.24) is 15.5 Å². The Bertz CT molecular complexity index is 373. The number of aromatic amines is 1. The Morgan fingerprint density at radius 3 is 2.73 bits per heavy atom. The van der Waals surface area contributed by atoms with Crippen LogP contribution in [0.3, 0.4) is 0 Å². The Hall–Kier alpha value is -2.05. The number of carbonyl (C=O) groups excluding carboxylic acids is 2. The molecule has 5 N–H and O–H groups in total. The number of amides is 3. The molecule has 1 unspecified atom stereocenters.